The number of fused-ring (bicyclic) bond motifs is 1. The summed E-state index contributed by atoms with van der Waals surface area (Å²) in [6.07, 6.45) is 1.31. The molecule has 4 heteroatoms. The number of esters is 1. The van der Waals surface area contributed by atoms with E-state index in [4.69, 9.17) is 14.2 Å². The summed E-state index contributed by atoms with van der Waals surface area (Å²) in [5.74, 6) is 0.532. The Morgan fingerprint density at radius 3 is 2.64 bits per heavy atom. The van der Waals surface area contributed by atoms with Gasteiger partial charge in [-0.1, -0.05) is 30.3 Å². The van der Waals surface area contributed by atoms with Gasteiger partial charge in [0.05, 0.1) is 12.2 Å². The quantitative estimate of drug-likeness (QED) is 0.784. The maximum atomic E-state index is 12.6. The number of hydrogen-bond donors (Lipinski definition) is 0. The minimum atomic E-state index is -0.519. The molecule has 2 aliphatic rings. The van der Waals surface area contributed by atoms with Crippen LogP contribution in [0.4, 0.5) is 0 Å². The van der Waals surface area contributed by atoms with Crippen molar-refractivity contribution in [2.45, 2.75) is 45.5 Å². The van der Waals surface area contributed by atoms with Crippen LogP contribution in [0.25, 0.3) is 5.76 Å². The molecule has 1 saturated heterocycles. The minimum Gasteiger partial charge on any atom is -0.463 e. The predicted octanol–water partition coefficient (Wildman–Crippen LogP) is 3.52. The predicted molar refractivity (Wildman–Crippen MR) is 82.8 cm³/mol. The lowest BCUT2D eigenvalue weighted by Crippen LogP contribution is -2.31. The van der Waals surface area contributed by atoms with E-state index in [0.29, 0.717) is 24.4 Å². The molecule has 0 aliphatic carbocycles. The second-order valence-electron chi connectivity index (χ2n) is 6.79. The van der Waals surface area contributed by atoms with Gasteiger partial charge in [0, 0.05) is 11.5 Å². The van der Waals surface area contributed by atoms with E-state index in [9.17, 15) is 4.79 Å². The molecule has 0 amide bonds. The molecule has 0 radical (unpaired) electrons. The Morgan fingerprint density at radius 2 is 1.95 bits per heavy atom. The Hall–Kier alpha value is -1.81. The summed E-state index contributed by atoms with van der Waals surface area (Å²) in [6, 6.07) is 9.68. The molecule has 0 spiro atoms. The van der Waals surface area contributed by atoms with Crippen LogP contribution >= 0.6 is 0 Å². The van der Waals surface area contributed by atoms with Crippen molar-refractivity contribution in [3.05, 3.63) is 41.5 Å². The number of benzene rings is 1. The van der Waals surface area contributed by atoms with E-state index in [1.165, 1.54) is 0 Å². The molecule has 118 valence electrons. The van der Waals surface area contributed by atoms with Crippen LogP contribution in [0.2, 0.25) is 0 Å². The van der Waals surface area contributed by atoms with E-state index in [2.05, 4.69) is 0 Å². The molecule has 1 fully saturated rings. The highest BCUT2D eigenvalue weighted by Crippen LogP contribution is 2.40. The van der Waals surface area contributed by atoms with Crippen LogP contribution in [0, 0.1) is 5.92 Å². The third-order valence-corrected chi connectivity index (χ3v) is 3.81. The second-order valence-corrected chi connectivity index (χ2v) is 6.79. The molecule has 1 aromatic carbocycles. The topological polar surface area (TPSA) is 44.8 Å². The first kappa shape index (κ1) is 15.1. The highest BCUT2D eigenvalue weighted by molar-refractivity contribution is 5.96. The van der Waals surface area contributed by atoms with E-state index >= 15 is 0 Å². The van der Waals surface area contributed by atoms with Crippen LogP contribution in [0.15, 0.2) is 35.9 Å². The largest absolute Gasteiger partial charge is 0.463 e. The van der Waals surface area contributed by atoms with Crippen molar-refractivity contribution < 1.29 is 19.0 Å². The smallest absolute Gasteiger partial charge is 0.338 e. The van der Waals surface area contributed by atoms with Crippen molar-refractivity contribution in [1.82, 2.24) is 0 Å². The molecule has 22 heavy (non-hydrogen) atoms. The highest BCUT2D eigenvalue weighted by Gasteiger charge is 2.39. The van der Waals surface area contributed by atoms with Gasteiger partial charge < -0.3 is 14.2 Å². The number of hydrogen-bond acceptors (Lipinski definition) is 4. The monoisotopic (exact) mass is 302 g/mol. The molecule has 0 saturated carbocycles. The molecular formula is C18H22O4. The van der Waals surface area contributed by atoms with Gasteiger partial charge in [0.25, 0.3) is 0 Å². The molecule has 2 atom stereocenters. The molecular weight excluding hydrogens is 280 g/mol. The Balaban J connectivity index is 1.96. The van der Waals surface area contributed by atoms with E-state index in [-0.39, 0.29) is 18.2 Å². The summed E-state index contributed by atoms with van der Waals surface area (Å²) in [5, 5.41) is 0. The van der Waals surface area contributed by atoms with Crippen molar-refractivity contribution in [3.8, 4) is 0 Å². The highest BCUT2D eigenvalue weighted by atomic mass is 16.7. The third kappa shape index (κ3) is 3.17. The third-order valence-electron chi connectivity index (χ3n) is 3.81. The van der Waals surface area contributed by atoms with E-state index in [1.54, 1.807) is 0 Å². The van der Waals surface area contributed by atoms with Crippen LogP contribution in [0.3, 0.4) is 0 Å². The summed E-state index contributed by atoms with van der Waals surface area (Å²) in [4.78, 5) is 12.6. The Morgan fingerprint density at radius 1 is 1.23 bits per heavy atom. The molecule has 3 rings (SSSR count). The summed E-state index contributed by atoms with van der Waals surface area (Å²) < 4.78 is 17.2. The number of ether oxygens (including phenoxy) is 3. The average molecular weight is 302 g/mol. The van der Waals surface area contributed by atoms with Crippen molar-refractivity contribution >= 4 is 11.7 Å². The zero-order chi connectivity index (χ0) is 15.7. The van der Waals surface area contributed by atoms with E-state index < -0.39 is 5.60 Å². The van der Waals surface area contributed by atoms with Gasteiger partial charge in [0.1, 0.15) is 11.4 Å². The first-order valence-corrected chi connectivity index (χ1v) is 7.74. The SMILES string of the molecule is CC(C)(C)OC(=O)C1=C(c2ccccc2)OC2OCCC2C1. The van der Waals surface area contributed by atoms with Gasteiger partial charge in [-0.15, -0.1) is 0 Å². The molecule has 2 heterocycles. The van der Waals surface area contributed by atoms with Gasteiger partial charge in [-0.2, -0.15) is 0 Å². The molecule has 1 aromatic rings. The average Bonchev–Trinajstić information content (AvgIpc) is 2.92. The van der Waals surface area contributed by atoms with Crippen LogP contribution in [-0.2, 0) is 19.0 Å². The summed E-state index contributed by atoms with van der Waals surface area (Å²) in [5.41, 5.74) is 0.986. The molecule has 2 unspecified atom stereocenters. The molecule has 0 N–H and O–H groups in total. The number of carbonyl (C=O) groups is 1. The van der Waals surface area contributed by atoms with Crippen LogP contribution < -0.4 is 0 Å². The molecule has 4 nitrogen and oxygen atoms in total. The summed E-state index contributed by atoms with van der Waals surface area (Å²) in [7, 11) is 0. The van der Waals surface area contributed by atoms with Crippen LogP contribution in [0.1, 0.15) is 39.2 Å². The van der Waals surface area contributed by atoms with Crippen molar-refractivity contribution in [1.29, 1.82) is 0 Å². The minimum absolute atomic E-state index is 0.231. The molecule has 0 aromatic heterocycles. The standard InChI is InChI=1S/C18H22O4/c1-18(2,3)22-16(19)14-11-13-9-10-20-17(13)21-15(14)12-7-5-4-6-8-12/h4-8,13,17H,9-11H2,1-3H3. The van der Waals surface area contributed by atoms with Gasteiger partial charge in [-0.05, 0) is 33.6 Å². The first-order chi connectivity index (χ1) is 10.4. The van der Waals surface area contributed by atoms with Gasteiger partial charge in [-0.25, -0.2) is 4.79 Å². The van der Waals surface area contributed by atoms with Crippen molar-refractivity contribution in [2.75, 3.05) is 6.61 Å². The number of carbonyl (C=O) groups excluding carboxylic acids is 1. The normalized spacial score (nSPS) is 24.7. The lowest BCUT2D eigenvalue weighted by atomic mass is 9.92. The van der Waals surface area contributed by atoms with Gasteiger partial charge in [0.15, 0.2) is 0 Å². The maximum absolute atomic E-state index is 12.6. The number of rotatable bonds is 2. The fourth-order valence-corrected chi connectivity index (χ4v) is 2.83. The van der Waals surface area contributed by atoms with Crippen LogP contribution in [0.5, 0.6) is 0 Å². The zero-order valence-corrected chi connectivity index (χ0v) is 13.3. The fraction of sp³-hybridized carbons (Fsp3) is 0.500. The van der Waals surface area contributed by atoms with Gasteiger partial charge >= 0.3 is 5.97 Å². The summed E-state index contributed by atoms with van der Waals surface area (Å²) >= 11 is 0. The second kappa shape index (κ2) is 5.76. The van der Waals surface area contributed by atoms with E-state index in [1.807, 2.05) is 51.1 Å². The maximum Gasteiger partial charge on any atom is 0.338 e. The van der Waals surface area contributed by atoms with Gasteiger partial charge in [0.2, 0.25) is 6.29 Å². The van der Waals surface area contributed by atoms with Crippen LogP contribution in [-0.4, -0.2) is 24.5 Å². The van der Waals surface area contributed by atoms with Crippen molar-refractivity contribution in [2.24, 2.45) is 5.92 Å². The fourth-order valence-electron chi connectivity index (χ4n) is 2.83. The summed E-state index contributed by atoms with van der Waals surface area (Å²) in [6.45, 7) is 6.30. The molecule has 0 bridgehead atoms. The lowest BCUT2D eigenvalue weighted by Gasteiger charge is -2.30. The van der Waals surface area contributed by atoms with E-state index in [0.717, 1.165) is 12.0 Å². The lowest BCUT2D eigenvalue weighted by molar-refractivity contribution is -0.151. The van der Waals surface area contributed by atoms with Crippen molar-refractivity contribution in [3.63, 3.8) is 0 Å². The zero-order valence-electron chi connectivity index (χ0n) is 13.3. The first-order valence-electron chi connectivity index (χ1n) is 7.74. The Labute approximate surface area is 131 Å². The Bertz CT molecular complexity index is 583. The van der Waals surface area contributed by atoms with Gasteiger partial charge in [-0.3, -0.25) is 0 Å². The molecule has 2 aliphatic heterocycles. The Kier molecular flexibility index (Phi) is 3.96.